The van der Waals surface area contributed by atoms with Crippen LogP contribution in [-0.4, -0.2) is 37.4 Å². The standard InChI is InChI=1S/C13H15N3O3/c14-13(17)18-6-8-7-3-1-2-4-10(7)16-5-9-11(15-9)12(8)19-16/h1-4,8-9,11-12,15H,5-6H2,(H2,14,17). The summed E-state index contributed by atoms with van der Waals surface area (Å²) in [5.74, 6) is 0.0303. The number of ether oxygens (including phenoxy) is 1. The molecule has 4 unspecified atom stereocenters. The number of hydroxylamine groups is 1. The van der Waals surface area contributed by atoms with Crippen LogP contribution in [0.25, 0.3) is 0 Å². The number of benzene rings is 1. The molecule has 100 valence electrons. The van der Waals surface area contributed by atoms with Crippen LogP contribution in [-0.2, 0) is 9.57 Å². The lowest BCUT2D eigenvalue weighted by Crippen LogP contribution is -2.49. The Kier molecular flexibility index (Phi) is 2.24. The maximum Gasteiger partial charge on any atom is 0.404 e. The van der Waals surface area contributed by atoms with E-state index < -0.39 is 6.09 Å². The third-order valence-corrected chi connectivity index (χ3v) is 4.10. The number of hydrogen-bond donors (Lipinski definition) is 2. The maximum absolute atomic E-state index is 10.9. The number of para-hydroxylation sites is 1. The first kappa shape index (κ1) is 11.1. The van der Waals surface area contributed by atoms with Crippen LogP contribution in [0.1, 0.15) is 11.5 Å². The zero-order chi connectivity index (χ0) is 13.0. The van der Waals surface area contributed by atoms with E-state index in [-0.39, 0.29) is 18.6 Å². The quantitative estimate of drug-likeness (QED) is 0.750. The highest BCUT2D eigenvalue weighted by molar-refractivity contribution is 5.65. The van der Waals surface area contributed by atoms with Crippen molar-refractivity contribution in [3.63, 3.8) is 0 Å². The van der Waals surface area contributed by atoms with Gasteiger partial charge in [0.1, 0.15) is 12.7 Å². The summed E-state index contributed by atoms with van der Waals surface area (Å²) in [5.41, 5.74) is 7.29. The predicted octanol–water partition coefficient (Wildman–Crippen LogP) is 0.340. The minimum atomic E-state index is -0.740. The Hall–Kier alpha value is -1.79. The molecule has 2 bridgehead atoms. The number of carbonyl (C=O) groups excluding carboxylic acids is 1. The minimum Gasteiger partial charge on any atom is -0.449 e. The molecular formula is C13H15N3O3. The van der Waals surface area contributed by atoms with Crippen molar-refractivity contribution in [2.75, 3.05) is 18.2 Å². The lowest BCUT2D eigenvalue weighted by Gasteiger charge is -2.42. The summed E-state index contributed by atoms with van der Waals surface area (Å²) in [5, 5.41) is 5.36. The van der Waals surface area contributed by atoms with Crippen LogP contribution in [0, 0.1) is 0 Å². The van der Waals surface area contributed by atoms with E-state index in [1.165, 1.54) is 0 Å². The number of nitrogens with one attached hydrogen (secondary N) is 1. The van der Waals surface area contributed by atoms with E-state index in [4.69, 9.17) is 15.3 Å². The largest absolute Gasteiger partial charge is 0.449 e. The molecule has 6 heteroatoms. The zero-order valence-corrected chi connectivity index (χ0v) is 10.3. The lowest BCUT2D eigenvalue weighted by molar-refractivity contribution is -0.0253. The normalized spacial score (nSPS) is 34.2. The number of fused-ring (bicyclic) bond motifs is 6. The SMILES string of the molecule is NC(=O)OCC1c2ccccc2N2CC3NC3C1O2. The fraction of sp³-hybridized carbons (Fsp3) is 0.462. The summed E-state index contributed by atoms with van der Waals surface area (Å²) in [6.45, 7) is 1.12. The minimum absolute atomic E-state index is 0.00741. The Balaban J connectivity index is 1.70. The number of nitrogens with zero attached hydrogens (tertiary/aromatic N) is 1. The molecule has 1 aromatic carbocycles. The van der Waals surface area contributed by atoms with E-state index in [2.05, 4.69) is 11.4 Å². The van der Waals surface area contributed by atoms with Crippen LogP contribution >= 0.6 is 0 Å². The molecule has 3 N–H and O–H groups in total. The van der Waals surface area contributed by atoms with Gasteiger partial charge in [0.15, 0.2) is 0 Å². The summed E-state index contributed by atoms with van der Waals surface area (Å²) in [7, 11) is 0. The molecule has 3 aliphatic rings. The van der Waals surface area contributed by atoms with Crippen LogP contribution in [0.3, 0.4) is 0 Å². The molecule has 3 aliphatic heterocycles. The van der Waals surface area contributed by atoms with Crippen LogP contribution in [0.15, 0.2) is 24.3 Å². The highest BCUT2D eigenvalue weighted by Gasteiger charge is 2.55. The predicted molar refractivity (Wildman–Crippen MR) is 67.6 cm³/mol. The highest BCUT2D eigenvalue weighted by atomic mass is 16.7. The van der Waals surface area contributed by atoms with Gasteiger partial charge in [0.25, 0.3) is 0 Å². The Morgan fingerprint density at radius 3 is 3.21 bits per heavy atom. The van der Waals surface area contributed by atoms with Crippen molar-refractivity contribution in [2.24, 2.45) is 5.73 Å². The van der Waals surface area contributed by atoms with E-state index in [0.717, 1.165) is 17.8 Å². The first-order chi connectivity index (χ1) is 9.24. The van der Waals surface area contributed by atoms with Gasteiger partial charge in [-0.25, -0.2) is 4.79 Å². The monoisotopic (exact) mass is 261 g/mol. The molecule has 3 heterocycles. The van der Waals surface area contributed by atoms with Gasteiger partial charge in [0.05, 0.1) is 24.2 Å². The van der Waals surface area contributed by atoms with Gasteiger partial charge in [0, 0.05) is 6.04 Å². The smallest absolute Gasteiger partial charge is 0.404 e. The maximum atomic E-state index is 10.9. The van der Waals surface area contributed by atoms with Crippen molar-refractivity contribution in [2.45, 2.75) is 24.1 Å². The average Bonchev–Trinajstić information content (AvgIpc) is 3.17. The van der Waals surface area contributed by atoms with E-state index in [0.29, 0.717) is 12.1 Å². The van der Waals surface area contributed by atoms with Crippen molar-refractivity contribution in [1.82, 2.24) is 5.32 Å². The summed E-state index contributed by atoms with van der Waals surface area (Å²) in [6.07, 6.45) is -0.732. The van der Waals surface area contributed by atoms with Gasteiger partial charge in [-0.1, -0.05) is 18.2 Å². The molecule has 0 radical (unpaired) electrons. The van der Waals surface area contributed by atoms with Gasteiger partial charge in [-0.2, -0.15) is 0 Å². The average molecular weight is 261 g/mol. The Morgan fingerprint density at radius 2 is 2.37 bits per heavy atom. The van der Waals surface area contributed by atoms with E-state index in [9.17, 15) is 4.79 Å². The number of primary amides is 1. The fourth-order valence-corrected chi connectivity index (χ4v) is 3.16. The van der Waals surface area contributed by atoms with E-state index in [1.54, 1.807) is 0 Å². The van der Waals surface area contributed by atoms with Crippen LogP contribution < -0.4 is 16.1 Å². The van der Waals surface area contributed by atoms with Gasteiger partial charge in [-0.15, -0.1) is 0 Å². The van der Waals surface area contributed by atoms with Gasteiger partial charge in [-0.3, -0.25) is 9.90 Å². The van der Waals surface area contributed by atoms with Crippen molar-refractivity contribution in [1.29, 1.82) is 0 Å². The number of carbonyl (C=O) groups is 1. The van der Waals surface area contributed by atoms with E-state index >= 15 is 0 Å². The first-order valence-electron chi connectivity index (χ1n) is 6.45. The van der Waals surface area contributed by atoms with Gasteiger partial charge in [0.2, 0.25) is 0 Å². The number of hydrogen-bond acceptors (Lipinski definition) is 5. The molecule has 2 fully saturated rings. The Labute approximate surface area is 110 Å². The van der Waals surface area contributed by atoms with Gasteiger partial charge < -0.3 is 15.8 Å². The molecule has 2 saturated heterocycles. The molecular weight excluding hydrogens is 246 g/mol. The second kappa shape index (κ2) is 3.85. The summed E-state index contributed by atoms with van der Waals surface area (Å²) in [4.78, 5) is 16.8. The first-order valence-corrected chi connectivity index (χ1v) is 6.45. The van der Waals surface area contributed by atoms with Crippen LogP contribution in [0.2, 0.25) is 0 Å². The summed E-state index contributed by atoms with van der Waals surface area (Å²) in [6, 6.07) is 8.91. The molecule has 0 aromatic heterocycles. The molecule has 4 rings (SSSR count). The summed E-state index contributed by atoms with van der Waals surface area (Å²) < 4.78 is 5.01. The molecule has 19 heavy (non-hydrogen) atoms. The second-order valence-corrected chi connectivity index (χ2v) is 5.23. The Bertz CT molecular complexity index is 536. The van der Waals surface area contributed by atoms with Crippen molar-refractivity contribution >= 4 is 11.8 Å². The molecule has 0 saturated carbocycles. The highest BCUT2D eigenvalue weighted by Crippen LogP contribution is 2.44. The molecule has 1 amide bonds. The van der Waals surface area contributed by atoms with E-state index in [1.807, 2.05) is 23.3 Å². The molecule has 6 nitrogen and oxygen atoms in total. The third-order valence-electron chi connectivity index (χ3n) is 4.10. The summed E-state index contributed by atoms with van der Waals surface area (Å²) >= 11 is 0. The molecule has 0 spiro atoms. The van der Waals surface area contributed by atoms with Crippen molar-refractivity contribution in [3.8, 4) is 0 Å². The van der Waals surface area contributed by atoms with Gasteiger partial charge >= 0.3 is 6.09 Å². The molecule has 1 aromatic rings. The fourth-order valence-electron chi connectivity index (χ4n) is 3.16. The lowest BCUT2D eigenvalue weighted by atomic mass is 9.87. The van der Waals surface area contributed by atoms with Gasteiger partial charge in [-0.05, 0) is 11.6 Å². The molecule has 4 atom stereocenters. The second-order valence-electron chi connectivity index (χ2n) is 5.23. The number of amides is 1. The van der Waals surface area contributed by atoms with Crippen LogP contribution in [0.5, 0.6) is 0 Å². The topological polar surface area (TPSA) is 86.7 Å². The molecule has 0 aliphatic carbocycles. The zero-order valence-electron chi connectivity index (χ0n) is 10.3. The Morgan fingerprint density at radius 1 is 1.53 bits per heavy atom. The number of nitrogens with two attached hydrogens (primary N) is 1. The number of rotatable bonds is 2. The van der Waals surface area contributed by atoms with Crippen LogP contribution in [0.4, 0.5) is 10.5 Å². The van der Waals surface area contributed by atoms with Crippen molar-refractivity contribution in [3.05, 3.63) is 29.8 Å². The third kappa shape index (κ3) is 1.67. The van der Waals surface area contributed by atoms with Crippen molar-refractivity contribution < 1.29 is 14.4 Å². The number of anilines is 1.